The lowest BCUT2D eigenvalue weighted by Gasteiger charge is -2.17. The Hall–Kier alpha value is -2.57. The average Bonchev–Trinajstić information content (AvgIpc) is 3.52. The number of carbonyl (C=O) groups excluding carboxylic acids is 1. The summed E-state index contributed by atoms with van der Waals surface area (Å²) in [5.74, 6) is 2.40. The summed E-state index contributed by atoms with van der Waals surface area (Å²) in [7, 11) is 3.25. The molecule has 2 fully saturated rings. The van der Waals surface area contributed by atoms with Gasteiger partial charge in [-0.25, -0.2) is 9.97 Å². The molecule has 2 aliphatic rings. The van der Waals surface area contributed by atoms with E-state index >= 15 is 0 Å². The maximum Gasteiger partial charge on any atom is 0.308 e. The Morgan fingerprint density at radius 1 is 0.853 bits per heavy atom. The van der Waals surface area contributed by atoms with E-state index in [0.29, 0.717) is 23.3 Å². The molecule has 0 radical (unpaired) electrons. The number of benzene rings is 1. The molecule has 2 aromatic rings. The molecule has 34 heavy (non-hydrogen) atoms. The first-order valence-electron chi connectivity index (χ1n) is 12.6. The van der Waals surface area contributed by atoms with E-state index in [1.165, 1.54) is 25.7 Å². The van der Waals surface area contributed by atoms with E-state index in [0.717, 1.165) is 42.4 Å². The molecule has 0 amide bonds. The van der Waals surface area contributed by atoms with Crippen molar-refractivity contribution in [1.29, 1.82) is 0 Å². The third kappa shape index (κ3) is 6.73. The summed E-state index contributed by atoms with van der Waals surface area (Å²) in [5.41, 5.74) is 2.57. The largest absolute Gasteiger partial charge is 0.493 e. The van der Waals surface area contributed by atoms with Crippen LogP contribution in [0, 0.1) is 5.92 Å². The zero-order valence-electron chi connectivity index (χ0n) is 21.6. The molecule has 1 heterocycles. The van der Waals surface area contributed by atoms with Crippen LogP contribution in [0.15, 0.2) is 12.1 Å². The lowest BCUT2D eigenvalue weighted by molar-refractivity contribution is -0.152. The number of nitrogens with zero attached hydrogens (tertiary/aromatic N) is 2. The van der Waals surface area contributed by atoms with Crippen LogP contribution in [0.3, 0.4) is 0 Å². The molecular weight excluding hydrogens is 432 g/mol. The number of hydrogen-bond acceptors (Lipinski definition) is 7. The lowest BCUT2D eigenvalue weighted by Crippen LogP contribution is -2.18. The predicted octanol–water partition coefficient (Wildman–Crippen LogP) is 6.22. The molecule has 0 bridgehead atoms. The Kier molecular flexibility index (Phi) is 9.36. The van der Waals surface area contributed by atoms with Crippen molar-refractivity contribution in [2.24, 2.45) is 5.92 Å². The minimum Gasteiger partial charge on any atom is -0.493 e. The third-order valence-electron chi connectivity index (χ3n) is 6.31. The van der Waals surface area contributed by atoms with Crippen molar-refractivity contribution >= 4 is 17.0 Å². The van der Waals surface area contributed by atoms with Gasteiger partial charge >= 0.3 is 5.97 Å². The van der Waals surface area contributed by atoms with Gasteiger partial charge in [0.2, 0.25) is 5.88 Å². The first-order valence-corrected chi connectivity index (χ1v) is 12.6. The lowest BCUT2D eigenvalue weighted by atomic mass is 10.0. The molecule has 7 heteroatoms. The van der Waals surface area contributed by atoms with Gasteiger partial charge in [0.15, 0.2) is 11.5 Å². The van der Waals surface area contributed by atoms with Crippen molar-refractivity contribution in [2.75, 3.05) is 14.2 Å². The summed E-state index contributed by atoms with van der Waals surface area (Å²) in [4.78, 5) is 20.7. The van der Waals surface area contributed by atoms with Gasteiger partial charge in [-0.1, -0.05) is 26.7 Å². The molecule has 0 saturated heterocycles. The third-order valence-corrected chi connectivity index (χ3v) is 6.31. The number of methoxy groups -OCH3 is 2. The topological polar surface area (TPSA) is 79.8 Å². The second-order valence-corrected chi connectivity index (χ2v) is 9.76. The van der Waals surface area contributed by atoms with Crippen LogP contribution in [0.4, 0.5) is 0 Å². The number of aromatic nitrogens is 2. The fourth-order valence-corrected chi connectivity index (χ4v) is 4.46. The van der Waals surface area contributed by atoms with Gasteiger partial charge in [-0.05, 0) is 52.4 Å². The molecule has 2 saturated carbocycles. The maximum absolute atomic E-state index is 11.1. The van der Waals surface area contributed by atoms with Gasteiger partial charge in [-0.2, -0.15) is 0 Å². The highest BCUT2D eigenvalue weighted by molar-refractivity contribution is 5.80. The summed E-state index contributed by atoms with van der Waals surface area (Å²) < 4.78 is 21.9. The number of fused-ring (bicyclic) bond motifs is 1. The first kappa shape index (κ1) is 26.0. The molecule has 7 nitrogen and oxygen atoms in total. The molecule has 0 N–H and O–H groups in total. The van der Waals surface area contributed by atoms with Gasteiger partial charge < -0.3 is 18.9 Å². The van der Waals surface area contributed by atoms with Crippen LogP contribution >= 0.6 is 0 Å². The molecule has 0 spiro atoms. The Morgan fingerprint density at radius 3 is 1.88 bits per heavy atom. The van der Waals surface area contributed by atoms with Crippen molar-refractivity contribution < 1.29 is 23.7 Å². The Bertz CT molecular complexity index is 948. The molecule has 1 aromatic heterocycles. The van der Waals surface area contributed by atoms with E-state index in [4.69, 9.17) is 28.9 Å². The highest BCUT2D eigenvalue weighted by atomic mass is 16.5. The van der Waals surface area contributed by atoms with Crippen molar-refractivity contribution in [2.45, 2.75) is 97.2 Å². The van der Waals surface area contributed by atoms with Crippen molar-refractivity contribution in [3.63, 3.8) is 0 Å². The molecule has 0 aliphatic heterocycles. The second kappa shape index (κ2) is 12.2. The van der Waals surface area contributed by atoms with Crippen LogP contribution in [-0.2, 0) is 9.53 Å². The van der Waals surface area contributed by atoms with Gasteiger partial charge in [0, 0.05) is 18.1 Å². The van der Waals surface area contributed by atoms with Crippen LogP contribution in [0.5, 0.6) is 17.4 Å². The monoisotopic (exact) mass is 472 g/mol. The van der Waals surface area contributed by atoms with Crippen LogP contribution in [0.2, 0.25) is 0 Å². The van der Waals surface area contributed by atoms with E-state index in [2.05, 4.69) is 0 Å². The molecule has 0 unspecified atom stereocenters. The van der Waals surface area contributed by atoms with Crippen molar-refractivity contribution in [3.05, 3.63) is 17.8 Å². The Balaban J connectivity index is 0.000000248. The number of hydrogen-bond donors (Lipinski definition) is 0. The smallest absolute Gasteiger partial charge is 0.308 e. The quantitative estimate of drug-likeness (QED) is 0.443. The number of carbonyl (C=O) groups is 1. The van der Waals surface area contributed by atoms with Crippen LogP contribution in [-0.4, -0.2) is 42.4 Å². The van der Waals surface area contributed by atoms with Crippen LogP contribution in [0.25, 0.3) is 11.0 Å². The van der Waals surface area contributed by atoms with Gasteiger partial charge in [0.25, 0.3) is 0 Å². The maximum atomic E-state index is 11.1. The zero-order valence-corrected chi connectivity index (χ0v) is 21.6. The van der Waals surface area contributed by atoms with E-state index in [1.807, 2.05) is 39.8 Å². The zero-order chi connectivity index (χ0) is 24.7. The van der Waals surface area contributed by atoms with E-state index < -0.39 is 0 Å². The van der Waals surface area contributed by atoms with Crippen molar-refractivity contribution in [3.8, 4) is 17.4 Å². The van der Waals surface area contributed by atoms with E-state index in [1.54, 1.807) is 14.2 Å². The number of rotatable bonds is 7. The standard InChI is InChI=1S/C18H24N2O3.C9H16O2/c1-11(2)23-18-17(12-7-5-6-8-12)19-13-9-15(21-3)16(22-4)10-14(13)20-18;1-7(2)9(10)11-8-5-3-4-6-8/h9-12H,5-8H2,1-4H3;7-8H,3-6H2,1-2H3. The minimum absolute atomic E-state index is 0.0237. The highest BCUT2D eigenvalue weighted by Gasteiger charge is 2.25. The summed E-state index contributed by atoms with van der Waals surface area (Å²) in [6.45, 7) is 7.77. The Labute approximate surface area is 203 Å². The van der Waals surface area contributed by atoms with Crippen LogP contribution in [0.1, 0.15) is 90.7 Å². The summed E-state index contributed by atoms with van der Waals surface area (Å²) in [6.07, 6.45) is 9.67. The summed E-state index contributed by atoms with van der Waals surface area (Å²) >= 11 is 0. The second-order valence-electron chi connectivity index (χ2n) is 9.76. The first-order chi connectivity index (χ1) is 16.3. The van der Waals surface area contributed by atoms with Gasteiger partial charge in [-0.3, -0.25) is 4.79 Å². The van der Waals surface area contributed by atoms with Gasteiger partial charge in [-0.15, -0.1) is 0 Å². The van der Waals surface area contributed by atoms with Gasteiger partial charge in [0.05, 0.1) is 37.3 Å². The minimum atomic E-state index is -0.0445. The number of esters is 1. The SMILES string of the molecule is CC(C)C(=O)OC1CCCC1.COc1cc2nc(OC(C)C)c(C3CCCC3)nc2cc1OC. The Morgan fingerprint density at radius 2 is 1.38 bits per heavy atom. The fourth-order valence-electron chi connectivity index (χ4n) is 4.46. The summed E-state index contributed by atoms with van der Waals surface area (Å²) in [5, 5.41) is 0. The fraction of sp³-hybridized carbons (Fsp3) is 0.667. The van der Waals surface area contributed by atoms with E-state index in [-0.39, 0.29) is 24.1 Å². The molecular formula is C27H40N2O5. The molecule has 188 valence electrons. The van der Waals surface area contributed by atoms with Crippen molar-refractivity contribution in [1.82, 2.24) is 9.97 Å². The average molecular weight is 473 g/mol. The highest BCUT2D eigenvalue weighted by Crippen LogP contribution is 2.39. The summed E-state index contributed by atoms with van der Waals surface area (Å²) in [6, 6.07) is 3.74. The molecule has 0 atom stereocenters. The predicted molar refractivity (Wildman–Crippen MR) is 133 cm³/mol. The molecule has 4 rings (SSSR count). The normalized spacial score (nSPS) is 16.6. The number of ether oxygens (including phenoxy) is 4. The van der Waals surface area contributed by atoms with Gasteiger partial charge in [0.1, 0.15) is 11.8 Å². The van der Waals surface area contributed by atoms with Crippen LogP contribution < -0.4 is 14.2 Å². The molecule has 1 aromatic carbocycles. The molecule has 2 aliphatic carbocycles. The van der Waals surface area contributed by atoms with E-state index in [9.17, 15) is 4.79 Å².